The molecular weight excluding hydrogens is 264 g/mol. The minimum Gasteiger partial charge on any atom is -0.480 e. The van der Waals surface area contributed by atoms with E-state index in [9.17, 15) is 19.7 Å². The van der Waals surface area contributed by atoms with Crippen molar-refractivity contribution in [3.63, 3.8) is 0 Å². The molecule has 1 aromatic carbocycles. The summed E-state index contributed by atoms with van der Waals surface area (Å²) in [6, 6.07) is 0.479. The van der Waals surface area contributed by atoms with Gasteiger partial charge in [-0.25, -0.2) is 0 Å². The quantitative estimate of drug-likeness (QED) is 0.644. The van der Waals surface area contributed by atoms with Gasteiger partial charge in [-0.15, -0.1) is 0 Å². The van der Waals surface area contributed by atoms with Crippen molar-refractivity contribution in [1.82, 2.24) is 5.32 Å². The monoisotopic (exact) mass is 280 g/mol. The fourth-order valence-corrected chi connectivity index (χ4v) is 2.14. The molecule has 0 spiro atoms. The fraction of sp³-hybridized carbons (Fsp3) is 0.385. The van der Waals surface area contributed by atoms with E-state index in [1.165, 1.54) is 13.8 Å². The van der Waals surface area contributed by atoms with Crippen LogP contribution in [0.2, 0.25) is 0 Å². The van der Waals surface area contributed by atoms with Gasteiger partial charge in [0.1, 0.15) is 6.04 Å². The summed E-state index contributed by atoms with van der Waals surface area (Å²) in [7, 11) is 0. The van der Waals surface area contributed by atoms with Crippen LogP contribution in [-0.4, -0.2) is 27.9 Å². The molecule has 0 saturated heterocycles. The number of nitro benzene ring substituents is 1. The van der Waals surface area contributed by atoms with E-state index in [-0.39, 0.29) is 16.8 Å². The molecule has 2 N–H and O–H groups in total. The molecule has 1 amide bonds. The van der Waals surface area contributed by atoms with Gasteiger partial charge in [0.2, 0.25) is 0 Å². The Hall–Kier alpha value is -2.44. The molecule has 0 aliphatic heterocycles. The van der Waals surface area contributed by atoms with Crippen molar-refractivity contribution in [3.8, 4) is 0 Å². The number of aryl methyl sites for hydroxylation is 2. The highest BCUT2D eigenvalue weighted by Crippen LogP contribution is 2.28. The van der Waals surface area contributed by atoms with Crippen LogP contribution in [0.15, 0.2) is 6.07 Å². The van der Waals surface area contributed by atoms with Gasteiger partial charge in [-0.3, -0.25) is 19.7 Å². The van der Waals surface area contributed by atoms with Crippen LogP contribution in [0.3, 0.4) is 0 Å². The number of nitrogens with one attached hydrogen (secondary N) is 1. The van der Waals surface area contributed by atoms with E-state index in [4.69, 9.17) is 5.11 Å². The number of hydrogen-bond acceptors (Lipinski definition) is 4. The molecule has 0 unspecified atom stereocenters. The molecule has 0 saturated carbocycles. The standard InChI is InChI=1S/C13H16N2O5/c1-6-5-7(2)11(15(19)20)8(3)10(6)12(16)14-9(4)13(17)18/h5,9H,1-4H3,(H,14,16)(H,17,18)/t9-/m1/s1. The van der Waals surface area contributed by atoms with E-state index in [1.54, 1.807) is 19.9 Å². The number of carboxylic acid groups (broad SMARTS) is 1. The summed E-state index contributed by atoms with van der Waals surface area (Å²) < 4.78 is 0. The van der Waals surface area contributed by atoms with Crippen molar-refractivity contribution in [2.75, 3.05) is 0 Å². The highest BCUT2D eigenvalue weighted by molar-refractivity contribution is 6.00. The summed E-state index contributed by atoms with van der Waals surface area (Å²) in [5.74, 6) is -1.80. The second-order valence-electron chi connectivity index (χ2n) is 4.65. The van der Waals surface area contributed by atoms with Gasteiger partial charge in [-0.1, -0.05) is 0 Å². The van der Waals surface area contributed by atoms with Gasteiger partial charge in [-0.05, 0) is 39.3 Å². The van der Waals surface area contributed by atoms with Crippen LogP contribution in [0, 0.1) is 30.9 Å². The Labute approximate surface area is 115 Å². The molecule has 1 atom stereocenters. The zero-order valence-electron chi connectivity index (χ0n) is 11.7. The molecule has 0 bridgehead atoms. The first-order chi connectivity index (χ1) is 9.16. The topological polar surface area (TPSA) is 110 Å². The van der Waals surface area contributed by atoms with Crippen LogP contribution in [0.4, 0.5) is 5.69 Å². The first-order valence-corrected chi connectivity index (χ1v) is 5.95. The zero-order valence-corrected chi connectivity index (χ0v) is 11.7. The molecule has 0 aromatic heterocycles. The van der Waals surface area contributed by atoms with Gasteiger partial charge in [0.15, 0.2) is 0 Å². The normalized spacial score (nSPS) is 11.8. The molecule has 0 aliphatic carbocycles. The highest BCUT2D eigenvalue weighted by Gasteiger charge is 2.25. The average Bonchev–Trinajstić information content (AvgIpc) is 2.26. The van der Waals surface area contributed by atoms with Crippen LogP contribution >= 0.6 is 0 Å². The Morgan fingerprint density at radius 2 is 1.85 bits per heavy atom. The maximum absolute atomic E-state index is 12.1. The SMILES string of the molecule is Cc1cc(C)c([N+](=O)[O-])c(C)c1C(=O)N[C@H](C)C(=O)O. The number of hydrogen-bond donors (Lipinski definition) is 2. The molecule has 0 aliphatic rings. The van der Waals surface area contributed by atoms with Crippen LogP contribution in [0.1, 0.15) is 34.0 Å². The van der Waals surface area contributed by atoms with Crippen molar-refractivity contribution in [1.29, 1.82) is 0 Å². The summed E-state index contributed by atoms with van der Waals surface area (Å²) in [6.07, 6.45) is 0. The van der Waals surface area contributed by atoms with Crippen molar-refractivity contribution in [2.45, 2.75) is 33.7 Å². The summed E-state index contributed by atoms with van der Waals surface area (Å²) in [5.41, 5.74) is 1.30. The number of carboxylic acids is 1. The van der Waals surface area contributed by atoms with Gasteiger partial charge in [0.25, 0.3) is 11.6 Å². The number of carbonyl (C=O) groups excluding carboxylic acids is 1. The summed E-state index contributed by atoms with van der Waals surface area (Å²) in [6.45, 7) is 6.07. The second-order valence-corrected chi connectivity index (χ2v) is 4.65. The van der Waals surface area contributed by atoms with Gasteiger partial charge in [0, 0.05) is 11.1 Å². The van der Waals surface area contributed by atoms with Crippen LogP contribution in [0.25, 0.3) is 0 Å². The van der Waals surface area contributed by atoms with Crippen molar-refractivity contribution < 1.29 is 19.6 Å². The number of nitrogens with zero attached hydrogens (tertiary/aromatic N) is 1. The van der Waals surface area contributed by atoms with E-state index in [0.29, 0.717) is 11.1 Å². The largest absolute Gasteiger partial charge is 0.480 e. The van der Waals surface area contributed by atoms with Gasteiger partial charge >= 0.3 is 5.97 Å². The predicted octanol–water partition coefficient (Wildman–Crippen LogP) is 1.72. The highest BCUT2D eigenvalue weighted by atomic mass is 16.6. The zero-order chi connectivity index (χ0) is 15.6. The third kappa shape index (κ3) is 2.93. The molecular formula is C13H16N2O5. The molecule has 0 heterocycles. The number of rotatable bonds is 4. The van der Waals surface area contributed by atoms with Gasteiger partial charge in [0.05, 0.1) is 10.5 Å². The van der Waals surface area contributed by atoms with Crippen molar-refractivity contribution in [3.05, 3.63) is 38.4 Å². The fourth-order valence-electron chi connectivity index (χ4n) is 2.14. The number of nitro groups is 1. The maximum atomic E-state index is 12.1. The molecule has 7 nitrogen and oxygen atoms in total. The van der Waals surface area contributed by atoms with Crippen molar-refractivity contribution in [2.24, 2.45) is 0 Å². The van der Waals surface area contributed by atoms with E-state index < -0.39 is 22.8 Å². The molecule has 20 heavy (non-hydrogen) atoms. The van der Waals surface area contributed by atoms with Gasteiger partial charge in [-0.2, -0.15) is 0 Å². The Morgan fingerprint density at radius 3 is 2.30 bits per heavy atom. The first kappa shape index (κ1) is 15.6. The second kappa shape index (κ2) is 5.68. The van der Waals surface area contributed by atoms with E-state index in [1.807, 2.05) is 0 Å². The molecule has 0 fully saturated rings. The molecule has 1 aromatic rings. The maximum Gasteiger partial charge on any atom is 0.325 e. The molecule has 7 heteroatoms. The lowest BCUT2D eigenvalue weighted by Gasteiger charge is -2.14. The minimum absolute atomic E-state index is 0.122. The summed E-state index contributed by atoms with van der Waals surface area (Å²) in [5, 5.41) is 22.1. The van der Waals surface area contributed by atoms with E-state index in [2.05, 4.69) is 5.32 Å². The third-order valence-electron chi connectivity index (χ3n) is 3.06. The predicted molar refractivity (Wildman–Crippen MR) is 71.9 cm³/mol. The lowest BCUT2D eigenvalue weighted by atomic mass is 9.96. The summed E-state index contributed by atoms with van der Waals surface area (Å²) >= 11 is 0. The smallest absolute Gasteiger partial charge is 0.325 e. The van der Waals surface area contributed by atoms with E-state index >= 15 is 0 Å². The Balaban J connectivity index is 3.31. The minimum atomic E-state index is -1.17. The molecule has 0 radical (unpaired) electrons. The number of aliphatic carboxylic acids is 1. The summed E-state index contributed by atoms with van der Waals surface area (Å²) in [4.78, 5) is 33.3. The number of carbonyl (C=O) groups is 2. The lowest BCUT2D eigenvalue weighted by molar-refractivity contribution is -0.386. The number of benzene rings is 1. The average molecular weight is 280 g/mol. The Kier molecular flexibility index (Phi) is 4.44. The van der Waals surface area contributed by atoms with E-state index in [0.717, 1.165) is 0 Å². The first-order valence-electron chi connectivity index (χ1n) is 5.95. The third-order valence-corrected chi connectivity index (χ3v) is 3.06. The number of amides is 1. The van der Waals surface area contributed by atoms with Crippen LogP contribution in [-0.2, 0) is 4.79 Å². The molecule has 108 valence electrons. The van der Waals surface area contributed by atoms with Gasteiger partial charge < -0.3 is 10.4 Å². The van der Waals surface area contributed by atoms with Crippen LogP contribution in [0.5, 0.6) is 0 Å². The Bertz CT molecular complexity index is 595. The lowest BCUT2D eigenvalue weighted by Crippen LogP contribution is -2.39. The Morgan fingerprint density at radius 1 is 1.30 bits per heavy atom. The molecule has 1 rings (SSSR count). The van der Waals surface area contributed by atoms with Crippen molar-refractivity contribution >= 4 is 17.6 Å². The van der Waals surface area contributed by atoms with Crippen LogP contribution < -0.4 is 5.32 Å².